The van der Waals surface area contributed by atoms with Gasteiger partial charge in [-0.25, -0.2) is 9.18 Å². The molecule has 4 rings (SSSR count). The standard InChI is InChI=1S/C24H23FN2O3/c1-3-12-30-24(29)20-14-27(23(28)16-8-10-17(25)11-9-16)15(2)13-19-18-6-4-5-7-21(18)26-22(19)20/h4-11,14-15,26H,3,12-13H2,1-2H3. The quantitative estimate of drug-likeness (QED) is 0.640. The number of carbonyl (C=O) groups is 2. The number of aromatic nitrogens is 1. The van der Waals surface area contributed by atoms with Crippen molar-refractivity contribution < 1.29 is 18.7 Å². The van der Waals surface area contributed by atoms with Crippen molar-refractivity contribution in [3.05, 3.63) is 77.4 Å². The number of aromatic amines is 1. The normalized spacial score (nSPS) is 16.0. The molecule has 1 N–H and O–H groups in total. The van der Waals surface area contributed by atoms with E-state index in [1.807, 2.05) is 38.1 Å². The summed E-state index contributed by atoms with van der Waals surface area (Å²) in [7, 11) is 0. The lowest BCUT2D eigenvalue weighted by atomic mass is 10.0. The first-order valence-corrected chi connectivity index (χ1v) is 10.1. The molecule has 1 aromatic heterocycles. The fourth-order valence-corrected chi connectivity index (χ4v) is 3.79. The Morgan fingerprint density at radius 3 is 2.63 bits per heavy atom. The minimum Gasteiger partial charge on any atom is -0.462 e. The number of rotatable bonds is 4. The van der Waals surface area contributed by atoms with Gasteiger partial charge >= 0.3 is 5.97 Å². The van der Waals surface area contributed by atoms with Gasteiger partial charge in [0.1, 0.15) is 5.82 Å². The summed E-state index contributed by atoms with van der Waals surface area (Å²) in [5.41, 5.74) is 3.26. The molecule has 154 valence electrons. The van der Waals surface area contributed by atoms with Gasteiger partial charge in [0.25, 0.3) is 5.91 Å². The van der Waals surface area contributed by atoms with Crippen LogP contribution >= 0.6 is 0 Å². The van der Waals surface area contributed by atoms with E-state index < -0.39 is 11.8 Å². The summed E-state index contributed by atoms with van der Waals surface area (Å²) in [5.74, 6) is -1.18. The third-order valence-electron chi connectivity index (χ3n) is 5.31. The molecule has 1 aliphatic rings. The summed E-state index contributed by atoms with van der Waals surface area (Å²) in [4.78, 5) is 31.0. The van der Waals surface area contributed by atoms with Crippen molar-refractivity contribution in [2.45, 2.75) is 32.7 Å². The molecule has 0 spiro atoms. The maximum Gasteiger partial charge on any atom is 0.341 e. The van der Waals surface area contributed by atoms with E-state index in [2.05, 4.69) is 4.98 Å². The third kappa shape index (κ3) is 3.61. The Morgan fingerprint density at radius 1 is 1.17 bits per heavy atom. The Bertz CT molecular complexity index is 1130. The van der Waals surface area contributed by atoms with Crippen LogP contribution in [-0.2, 0) is 16.0 Å². The highest BCUT2D eigenvalue weighted by molar-refractivity contribution is 6.18. The lowest BCUT2D eigenvalue weighted by Gasteiger charge is -2.25. The Morgan fingerprint density at radius 2 is 1.90 bits per heavy atom. The fourth-order valence-electron chi connectivity index (χ4n) is 3.79. The van der Waals surface area contributed by atoms with Crippen LogP contribution in [0.1, 0.15) is 41.9 Å². The van der Waals surface area contributed by atoms with Gasteiger partial charge in [0, 0.05) is 28.7 Å². The summed E-state index contributed by atoms with van der Waals surface area (Å²) in [6.07, 6.45) is 2.83. The van der Waals surface area contributed by atoms with Crippen LogP contribution in [-0.4, -0.2) is 34.4 Å². The van der Waals surface area contributed by atoms with E-state index in [1.165, 1.54) is 24.3 Å². The van der Waals surface area contributed by atoms with Crippen LogP contribution in [0.25, 0.3) is 16.5 Å². The zero-order valence-electron chi connectivity index (χ0n) is 16.9. The van der Waals surface area contributed by atoms with E-state index in [-0.39, 0.29) is 11.9 Å². The highest BCUT2D eigenvalue weighted by Crippen LogP contribution is 2.33. The molecule has 6 heteroatoms. The Labute approximate surface area is 174 Å². The largest absolute Gasteiger partial charge is 0.462 e. The molecule has 2 heterocycles. The highest BCUT2D eigenvalue weighted by Gasteiger charge is 2.31. The molecular weight excluding hydrogens is 383 g/mol. The zero-order chi connectivity index (χ0) is 21.3. The minimum absolute atomic E-state index is 0.211. The van der Waals surface area contributed by atoms with Gasteiger partial charge in [0.2, 0.25) is 0 Å². The van der Waals surface area contributed by atoms with Crippen LogP contribution in [0.15, 0.2) is 54.7 Å². The second-order valence-electron chi connectivity index (χ2n) is 7.48. The molecular formula is C24H23FN2O3. The van der Waals surface area contributed by atoms with Crippen molar-refractivity contribution >= 4 is 28.4 Å². The Hall–Kier alpha value is -3.41. The number of H-pyrrole nitrogens is 1. The van der Waals surface area contributed by atoms with Gasteiger partial charge in [-0.1, -0.05) is 25.1 Å². The number of fused-ring (bicyclic) bond motifs is 3. The van der Waals surface area contributed by atoms with Crippen LogP contribution in [0.4, 0.5) is 4.39 Å². The number of ether oxygens (including phenoxy) is 1. The van der Waals surface area contributed by atoms with Crippen molar-refractivity contribution in [2.24, 2.45) is 0 Å². The van der Waals surface area contributed by atoms with Crippen LogP contribution in [0, 0.1) is 5.82 Å². The molecule has 0 bridgehead atoms. The van der Waals surface area contributed by atoms with Crippen molar-refractivity contribution in [2.75, 3.05) is 6.61 Å². The number of hydrogen-bond acceptors (Lipinski definition) is 3. The zero-order valence-corrected chi connectivity index (χ0v) is 16.9. The number of halogens is 1. The first-order valence-electron chi connectivity index (χ1n) is 10.1. The molecule has 3 aromatic rings. The van der Waals surface area contributed by atoms with E-state index in [0.29, 0.717) is 36.3 Å². The summed E-state index contributed by atoms with van der Waals surface area (Å²) in [6.45, 7) is 4.16. The highest BCUT2D eigenvalue weighted by atomic mass is 19.1. The van der Waals surface area contributed by atoms with E-state index in [4.69, 9.17) is 4.74 Å². The first-order chi connectivity index (χ1) is 14.5. The monoisotopic (exact) mass is 406 g/mol. The second kappa shape index (κ2) is 8.14. The van der Waals surface area contributed by atoms with Gasteiger partial charge < -0.3 is 14.6 Å². The summed E-state index contributed by atoms with van der Waals surface area (Å²) in [5, 5.41) is 1.02. The Balaban J connectivity index is 1.82. The number of esters is 1. The Kier molecular flexibility index (Phi) is 5.40. The molecule has 0 fully saturated rings. The smallest absolute Gasteiger partial charge is 0.341 e. The lowest BCUT2D eigenvalue weighted by Crippen LogP contribution is -2.35. The maximum absolute atomic E-state index is 13.3. The number of carbonyl (C=O) groups excluding carboxylic acids is 2. The predicted molar refractivity (Wildman–Crippen MR) is 113 cm³/mol. The van der Waals surface area contributed by atoms with Gasteiger partial charge in [-0.2, -0.15) is 0 Å². The van der Waals surface area contributed by atoms with Gasteiger partial charge in [-0.3, -0.25) is 4.79 Å². The van der Waals surface area contributed by atoms with Gasteiger partial charge in [0.05, 0.1) is 17.9 Å². The van der Waals surface area contributed by atoms with Gasteiger partial charge in [-0.05, 0) is 55.7 Å². The second-order valence-corrected chi connectivity index (χ2v) is 7.48. The molecule has 0 saturated heterocycles. The molecule has 5 nitrogen and oxygen atoms in total. The van der Waals surface area contributed by atoms with Crippen molar-refractivity contribution in [3.63, 3.8) is 0 Å². The average molecular weight is 406 g/mol. The number of hydrogen-bond donors (Lipinski definition) is 1. The minimum atomic E-state index is -0.476. The van der Waals surface area contributed by atoms with Crippen molar-refractivity contribution in [3.8, 4) is 0 Å². The third-order valence-corrected chi connectivity index (χ3v) is 5.31. The van der Waals surface area contributed by atoms with E-state index >= 15 is 0 Å². The molecule has 30 heavy (non-hydrogen) atoms. The molecule has 0 saturated carbocycles. The predicted octanol–water partition coefficient (Wildman–Crippen LogP) is 4.69. The number of nitrogens with zero attached hydrogens (tertiary/aromatic N) is 1. The van der Waals surface area contributed by atoms with Crippen molar-refractivity contribution in [1.82, 2.24) is 9.88 Å². The topological polar surface area (TPSA) is 62.4 Å². The summed E-state index contributed by atoms with van der Waals surface area (Å²) >= 11 is 0. The molecule has 0 aliphatic carbocycles. The number of benzene rings is 2. The summed E-state index contributed by atoms with van der Waals surface area (Å²) in [6, 6.07) is 13.1. The number of nitrogens with one attached hydrogen (secondary N) is 1. The van der Waals surface area contributed by atoms with Crippen molar-refractivity contribution in [1.29, 1.82) is 0 Å². The molecule has 1 unspecified atom stereocenters. The average Bonchev–Trinajstić information content (AvgIpc) is 3.03. The van der Waals surface area contributed by atoms with Gasteiger partial charge in [0.15, 0.2) is 0 Å². The van der Waals surface area contributed by atoms with Crippen LogP contribution in [0.3, 0.4) is 0 Å². The molecule has 1 atom stereocenters. The van der Waals surface area contributed by atoms with E-state index in [9.17, 15) is 14.0 Å². The molecule has 1 amide bonds. The summed E-state index contributed by atoms with van der Waals surface area (Å²) < 4.78 is 18.7. The molecule has 2 aromatic carbocycles. The number of para-hydroxylation sites is 1. The van der Waals surface area contributed by atoms with Crippen LogP contribution in [0.5, 0.6) is 0 Å². The SMILES string of the molecule is CCCOC(=O)C1=CN(C(=O)c2ccc(F)cc2)C(C)Cc2c1[nH]c1ccccc21. The molecule has 0 radical (unpaired) electrons. The molecule has 1 aliphatic heterocycles. The van der Waals surface area contributed by atoms with Crippen LogP contribution < -0.4 is 0 Å². The maximum atomic E-state index is 13.3. The van der Waals surface area contributed by atoms with E-state index in [0.717, 1.165) is 16.5 Å². The lowest BCUT2D eigenvalue weighted by molar-refractivity contribution is -0.136. The first kappa shape index (κ1) is 19.9. The van der Waals surface area contributed by atoms with Crippen LogP contribution in [0.2, 0.25) is 0 Å². The fraction of sp³-hybridized carbons (Fsp3) is 0.250. The van der Waals surface area contributed by atoms with Gasteiger partial charge in [-0.15, -0.1) is 0 Å². The number of amides is 1. The van der Waals surface area contributed by atoms with E-state index in [1.54, 1.807) is 11.1 Å².